The Morgan fingerprint density at radius 1 is 1.07 bits per heavy atom. The second kappa shape index (κ2) is 7.30. The highest BCUT2D eigenvalue weighted by Crippen LogP contribution is 2.24. The van der Waals surface area contributed by atoms with Crippen LogP contribution in [0, 0.1) is 11.3 Å². The summed E-state index contributed by atoms with van der Waals surface area (Å²) >= 11 is 0. The van der Waals surface area contributed by atoms with E-state index in [4.69, 9.17) is 5.26 Å². The van der Waals surface area contributed by atoms with Crippen molar-refractivity contribution < 1.29 is 4.79 Å². The van der Waals surface area contributed by atoms with Crippen LogP contribution in [0.25, 0.3) is 0 Å². The van der Waals surface area contributed by atoms with E-state index in [1.54, 1.807) is 36.7 Å². The largest absolute Gasteiger partial charge is 0.366 e. The van der Waals surface area contributed by atoms with Gasteiger partial charge in [-0.15, -0.1) is 0 Å². The lowest BCUT2D eigenvalue weighted by Gasteiger charge is -2.30. The van der Waals surface area contributed by atoms with Crippen molar-refractivity contribution in [3.05, 3.63) is 89.2 Å². The van der Waals surface area contributed by atoms with E-state index in [0.29, 0.717) is 16.8 Å². The zero-order chi connectivity index (χ0) is 18.6. The fourth-order valence-corrected chi connectivity index (χ4v) is 3.27. The molecule has 0 saturated carbocycles. The number of fused-ring (bicyclic) bond motifs is 1. The normalized spacial score (nSPS) is 12.8. The van der Waals surface area contributed by atoms with Crippen LogP contribution in [0.15, 0.2) is 67.0 Å². The van der Waals surface area contributed by atoms with Gasteiger partial charge < -0.3 is 10.2 Å². The van der Waals surface area contributed by atoms with Crippen LogP contribution in [0.4, 0.5) is 11.4 Å². The first-order valence-electron chi connectivity index (χ1n) is 8.81. The van der Waals surface area contributed by atoms with Gasteiger partial charge in [-0.25, -0.2) is 0 Å². The molecule has 1 amide bonds. The number of pyridine rings is 1. The second-order valence-electron chi connectivity index (χ2n) is 6.52. The fraction of sp³-hybridized carbons (Fsp3) is 0.136. The van der Waals surface area contributed by atoms with E-state index < -0.39 is 0 Å². The van der Waals surface area contributed by atoms with Crippen molar-refractivity contribution >= 4 is 17.3 Å². The maximum Gasteiger partial charge on any atom is 0.257 e. The zero-order valence-corrected chi connectivity index (χ0v) is 14.7. The van der Waals surface area contributed by atoms with Crippen LogP contribution in [0.3, 0.4) is 0 Å². The first-order valence-corrected chi connectivity index (χ1v) is 8.81. The standard InChI is InChI=1S/C22H18N4O/c23-12-16-5-7-20(8-6-16)25-22(27)19-11-21(14-24-13-19)26-10-9-17-3-1-2-4-18(17)15-26/h1-8,11,13-14H,9-10,15H2,(H,25,27). The van der Waals surface area contributed by atoms with Gasteiger partial charge in [0.25, 0.3) is 5.91 Å². The number of anilines is 2. The van der Waals surface area contributed by atoms with Gasteiger partial charge in [0.2, 0.25) is 0 Å². The number of benzene rings is 2. The first kappa shape index (κ1) is 16.8. The maximum absolute atomic E-state index is 12.6. The third-order valence-electron chi connectivity index (χ3n) is 4.75. The molecule has 0 atom stereocenters. The Balaban J connectivity index is 1.50. The van der Waals surface area contributed by atoms with Crippen LogP contribution in [-0.4, -0.2) is 17.4 Å². The molecule has 0 aliphatic carbocycles. The average Bonchev–Trinajstić information content (AvgIpc) is 2.74. The number of carbonyl (C=O) groups excluding carboxylic acids is 1. The Morgan fingerprint density at radius 3 is 2.63 bits per heavy atom. The molecule has 0 radical (unpaired) electrons. The number of nitriles is 1. The van der Waals surface area contributed by atoms with Crippen LogP contribution < -0.4 is 10.2 Å². The van der Waals surface area contributed by atoms with Crippen molar-refractivity contribution in [1.29, 1.82) is 5.26 Å². The van der Waals surface area contributed by atoms with Crippen molar-refractivity contribution in [2.45, 2.75) is 13.0 Å². The summed E-state index contributed by atoms with van der Waals surface area (Å²) in [6, 6.07) is 19.2. The van der Waals surface area contributed by atoms with Crippen LogP contribution >= 0.6 is 0 Å². The highest BCUT2D eigenvalue weighted by molar-refractivity contribution is 6.04. The van der Waals surface area contributed by atoms with Crippen molar-refractivity contribution in [1.82, 2.24) is 4.98 Å². The van der Waals surface area contributed by atoms with Gasteiger partial charge in [-0.3, -0.25) is 9.78 Å². The summed E-state index contributed by atoms with van der Waals surface area (Å²) in [5, 5.41) is 11.7. The van der Waals surface area contributed by atoms with Crippen molar-refractivity contribution in [2.24, 2.45) is 0 Å². The molecule has 0 spiro atoms. The summed E-state index contributed by atoms with van der Waals surface area (Å²) in [5.41, 5.74) is 5.36. The molecule has 0 fully saturated rings. The topological polar surface area (TPSA) is 69.0 Å². The van der Waals surface area contributed by atoms with Gasteiger partial charge in [0.1, 0.15) is 0 Å². The van der Waals surface area contributed by atoms with Gasteiger partial charge in [-0.1, -0.05) is 24.3 Å². The molecule has 132 valence electrons. The molecule has 1 N–H and O–H groups in total. The number of amides is 1. The number of nitrogens with one attached hydrogen (secondary N) is 1. The van der Waals surface area contributed by atoms with Gasteiger partial charge in [-0.05, 0) is 47.9 Å². The van der Waals surface area contributed by atoms with E-state index in [1.807, 2.05) is 6.07 Å². The number of hydrogen-bond donors (Lipinski definition) is 1. The number of nitrogens with zero attached hydrogens (tertiary/aromatic N) is 3. The van der Waals surface area contributed by atoms with E-state index >= 15 is 0 Å². The smallest absolute Gasteiger partial charge is 0.257 e. The van der Waals surface area contributed by atoms with Crippen molar-refractivity contribution in [3.63, 3.8) is 0 Å². The SMILES string of the molecule is N#Cc1ccc(NC(=O)c2cncc(N3CCc4ccccc4C3)c2)cc1. The summed E-state index contributed by atoms with van der Waals surface area (Å²) in [6.07, 6.45) is 4.35. The quantitative estimate of drug-likeness (QED) is 0.777. The molecular formula is C22H18N4O. The predicted molar refractivity (Wildman–Crippen MR) is 105 cm³/mol. The second-order valence-corrected chi connectivity index (χ2v) is 6.52. The molecule has 2 aromatic carbocycles. The minimum absolute atomic E-state index is 0.216. The lowest BCUT2D eigenvalue weighted by atomic mass is 9.99. The molecule has 1 aromatic heterocycles. The number of carbonyl (C=O) groups is 1. The third kappa shape index (κ3) is 3.65. The lowest BCUT2D eigenvalue weighted by molar-refractivity contribution is 0.102. The molecule has 2 heterocycles. The summed E-state index contributed by atoms with van der Waals surface area (Å²) in [4.78, 5) is 19.1. The monoisotopic (exact) mass is 354 g/mol. The Morgan fingerprint density at radius 2 is 1.85 bits per heavy atom. The van der Waals surface area contributed by atoms with Gasteiger partial charge in [-0.2, -0.15) is 5.26 Å². The van der Waals surface area contributed by atoms with E-state index in [9.17, 15) is 4.79 Å². The summed E-state index contributed by atoms with van der Waals surface area (Å²) in [5.74, 6) is -0.216. The van der Waals surface area contributed by atoms with Crippen LogP contribution in [0.1, 0.15) is 27.0 Å². The van der Waals surface area contributed by atoms with Crippen molar-refractivity contribution in [3.8, 4) is 6.07 Å². The van der Waals surface area contributed by atoms with E-state index in [1.165, 1.54) is 11.1 Å². The van der Waals surface area contributed by atoms with Gasteiger partial charge in [0, 0.05) is 25.0 Å². The van der Waals surface area contributed by atoms with E-state index in [0.717, 1.165) is 25.2 Å². The maximum atomic E-state index is 12.6. The van der Waals surface area contributed by atoms with E-state index in [2.05, 4.69) is 45.5 Å². The number of rotatable bonds is 3. The van der Waals surface area contributed by atoms with Crippen LogP contribution in [-0.2, 0) is 13.0 Å². The summed E-state index contributed by atoms with van der Waals surface area (Å²) < 4.78 is 0. The van der Waals surface area contributed by atoms with Gasteiger partial charge >= 0.3 is 0 Å². The van der Waals surface area contributed by atoms with Gasteiger partial charge in [0.05, 0.1) is 29.1 Å². The minimum Gasteiger partial charge on any atom is -0.366 e. The molecule has 0 saturated heterocycles. The van der Waals surface area contributed by atoms with Crippen LogP contribution in [0.5, 0.6) is 0 Å². The Bertz CT molecular complexity index is 1020. The molecule has 1 aliphatic heterocycles. The molecule has 3 aromatic rings. The Hall–Kier alpha value is -3.65. The Labute approximate surface area is 157 Å². The molecule has 0 unspecified atom stereocenters. The highest BCUT2D eigenvalue weighted by atomic mass is 16.1. The minimum atomic E-state index is -0.216. The molecule has 5 nitrogen and oxygen atoms in total. The molecule has 0 bridgehead atoms. The van der Waals surface area contributed by atoms with Gasteiger partial charge in [0.15, 0.2) is 0 Å². The lowest BCUT2D eigenvalue weighted by Crippen LogP contribution is -2.30. The van der Waals surface area contributed by atoms with E-state index in [-0.39, 0.29) is 5.91 Å². The Kier molecular flexibility index (Phi) is 4.54. The molecule has 27 heavy (non-hydrogen) atoms. The predicted octanol–water partition coefficient (Wildman–Crippen LogP) is 3.77. The molecule has 4 rings (SSSR count). The zero-order valence-electron chi connectivity index (χ0n) is 14.7. The molecule has 5 heteroatoms. The first-order chi connectivity index (χ1) is 13.2. The fourth-order valence-electron chi connectivity index (χ4n) is 3.27. The highest BCUT2D eigenvalue weighted by Gasteiger charge is 2.17. The average molecular weight is 354 g/mol. The molecular weight excluding hydrogens is 336 g/mol. The number of hydrogen-bond acceptors (Lipinski definition) is 4. The third-order valence-corrected chi connectivity index (χ3v) is 4.75. The summed E-state index contributed by atoms with van der Waals surface area (Å²) in [7, 11) is 0. The van der Waals surface area contributed by atoms with Crippen molar-refractivity contribution in [2.75, 3.05) is 16.8 Å². The summed E-state index contributed by atoms with van der Waals surface area (Å²) in [6.45, 7) is 1.72. The molecule has 1 aliphatic rings. The number of aromatic nitrogens is 1. The van der Waals surface area contributed by atoms with Crippen LogP contribution in [0.2, 0.25) is 0 Å².